The lowest BCUT2D eigenvalue weighted by atomic mass is 10.0. The monoisotopic (exact) mass is 627 g/mol. The number of anilines is 1. The first-order valence-electron chi connectivity index (χ1n) is 12.8. The third-order valence-electron chi connectivity index (χ3n) is 6.19. The fraction of sp³-hybridized carbons (Fsp3) is 0.310. The molecule has 0 aliphatic heterocycles. The zero-order valence-electron chi connectivity index (χ0n) is 23.0. The first kappa shape index (κ1) is 32.9. The molecule has 13 heteroatoms. The summed E-state index contributed by atoms with van der Waals surface area (Å²) in [5.74, 6) is -1.96. The van der Waals surface area contributed by atoms with Gasteiger partial charge in [-0.3, -0.25) is 13.9 Å². The Morgan fingerprint density at radius 1 is 0.952 bits per heavy atom. The van der Waals surface area contributed by atoms with Crippen molar-refractivity contribution in [2.24, 2.45) is 0 Å². The Bertz CT molecular complexity index is 1500. The predicted octanol–water partition coefficient (Wildman–Crippen LogP) is 5.43. The first-order valence-corrected chi connectivity index (χ1v) is 15.0. The van der Waals surface area contributed by atoms with Gasteiger partial charge in [0.15, 0.2) is 0 Å². The summed E-state index contributed by atoms with van der Waals surface area (Å²) in [4.78, 5) is 28.6. The zero-order valence-corrected chi connectivity index (χ0v) is 24.6. The Balaban J connectivity index is 2.11. The van der Waals surface area contributed by atoms with Crippen LogP contribution in [-0.2, 0) is 38.8 Å². The maximum atomic E-state index is 14.0. The molecule has 1 atom stereocenters. The molecular weight excluding hydrogens is 598 g/mol. The van der Waals surface area contributed by atoms with E-state index >= 15 is 0 Å². The highest BCUT2D eigenvalue weighted by molar-refractivity contribution is 7.92. The molecule has 0 bridgehead atoms. The van der Waals surface area contributed by atoms with Crippen LogP contribution in [0.15, 0.2) is 72.8 Å². The van der Waals surface area contributed by atoms with E-state index in [1.165, 1.54) is 24.3 Å². The van der Waals surface area contributed by atoms with E-state index in [4.69, 9.17) is 11.6 Å². The van der Waals surface area contributed by atoms with E-state index < -0.39 is 57.7 Å². The quantitative estimate of drug-likeness (QED) is 0.287. The van der Waals surface area contributed by atoms with Crippen LogP contribution in [0.1, 0.15) is 30.5 Å². The molecule has 0 aliphatic carbocycles. The number of nitrogens with zero attached hydrogens (tertiary/aromatic N) is 2. The van der Waals surface area contributed by atoms with Crippen molar-refractivity contribution in [3.63, 3.8) is 0 Å². The lowest BCUT2D eigenvalue weighted by Crippen LogP contribution is -2.54. The minimum Gasteiger partial charge on any atom is -0.352 e. The molecule has 7 nitrogen and oxygen atoms in total. The molecule has 0 fully saturated rings. The van der Waals surface area contributed by atoms with Crippen LogP contribution >= 0.6 is 11.6 Å². The molecule has 0 spiro atoms. The van der Waals surface area contributed by atoms with E-state index in [1.54, 1.807) is 44.2 Å². The van der Waals surface area contributed by atoms with Crippen molar-refractivity contribution in [1.82, 2.24) is 10.2 Å². The van der Waals surface area contributed by atoms with Crippen molar-refractivity contribution < 1.29 is 35.6 Å². The van der Waals surface area contributed by atoms with E-state index in [0.29, 0.717) is 27.6 Å². The van der Waals surface area contributed by atoms with E-state index in [1.807, 2.05) is 0 Å². The fourth-order valence-electron chi connectivity index (χ4n) is 4.20. The highest BCUT2D eigenvalue weighted by Gasteiger charge is 2.36. The third-order valence-corrected chi connectivity index (χ3v) is 7.64. The van der Waals surface area contributed by atoms with Crippen LogP contribution in [0.2, 0.25) is 5.02 Å². The Kier molecular flexibility index (Phi) is 10.6. The molecule has 0 saturated heterocycles. The van der Waals surface area contributed by atoms with Crippen molar-refractivity contribution in [2.45, 2.75) is 45.1 Å². The summed E-state index contributed by atoms with van der Waals surface area (Å²) < 4.78 is 80.2. The van der Waals surface area contributed by atoms with E-state index in [-0.39, 0.29) is 24.0 Å². The minimum atomic E-state index is -4.81. The number of amides is 2. The van der Waals surface area contributed by atoms with Gasteiger partial charge in [0.25, 0.3) is 0 Å². The number of benzene rings is 3. The van der Waals surface area contributed by atoms with Crippen LogP contribution in [0.4, 0.5) is 23.2 Å². The molecule has 1 N–H and O–H groups in total. The maximum absolute atomic E-state index is 14.0. The standard InChI is InChI=1S/C29H30ClF4N3O4S/c1-19(2)35-28(39)26(15-20-7-5-4-6-8-20)36(17-21-9-12-23(31)13-10-21)27(38)18-37(42(3,40)41)25-16-22(29(32,33)34)11-14-24(25)30/h4-14,16,19,26H,15,17-18H2,1-3H3,(H,35,39). The second-order valence-corrected chi connectivity index (χ2v) is 12.3. The maximum Gasteiger partial charge on any atom is 0.416 e. The van der Waals surface area contributed by atoms with Crippen LogP contribution in [0.25, 0.3) is 0 Å². The van der Waals surface area contributed by atoms with Crippen molar-refractivity contribution in [3.8, 4) is 0 Å². The normalized spacial score (nSPS) is 12.6. The second kappa shape index (κ2) is 13.6. The SMILES string of the molecule is CC(C)NC(=O)C(Cc1ccccc1)N(Cc1ccc(F)cc1)C(=O)CN(c1cc(C(F)(F)F)ccc1Cl)S(C)(=O)=O. The summed E-state index contributed by atoms with van der Waals surface area (Å²) in [5, 5.41) is 2.44. The predicted molar refractivity (Wildman–Crippen MR) is 153 cm³/mol. The molecule has 0 radical (unpaired) electrons. The van der Waals surface area contributed by atoms with Gasteiger partial charge in [0.2, 0.25) is 21.8 Å². The minimum absolute atomic E-state index is 0.0372. The number of sulfonamides is 1. The molecule has 42 heavy (non-hydrogen) atoms. The molecule has 3 aromatic rings. The molecule has 1 unspecified atom stereocenters. The van der Waals surface area contributed by atoms with Gasteiger partial charge < -0.3 is 10.2 Å². The molecule has 2 amide bonds. The summed E-state index contributed by atoms with van der Waals surface area (Å²) >= 11 is 6.13. The Morgan fingerprint density at radius 2 is 1.57 bits per heavy atom. The van der Waals surface area contributed by atoms with Gasteiger partial charge in [-0.1, -0.05) is 54.1 Å². The average Bonchev–Trinajstić information content (AvgIpc) is 2.89. The van der Waals surface area contributed by atoms with Gasteiger partial charge in [-0.2, -0.15) is 13.2 Å². The molecule has 0 aliphatic rings. The Labute approximate surface area is 247 Å². The van der Waals surface area contributed by atoms with Crippen LogP contribution in [-0.4, -0.2) is 50.0 Å². The van der Waals surface area contributed by atoms with E-state index in [9.17, 15) is 35.6 Å². The Morgan fingerprint density at radius 3 is 2.12 bits per heavy atom. The van der Waals surface area contributed by atoms with Crippen molar-refractivity contribution in [2.75, 3.05) is 17.1 Å². The molecule has 3 aromatic carbocycles. The van der Waals surface area contributed by atoms with E-state index in [2.05, 4.69) is 5.32 Å². The molecule has 0 aromatic heterocycles. The highest BCUT2D eigenvalue weighted by atomic mass is 35.5. The number of alkyl halides is 3. The van der Waals surface area contributed by atoms with Crippen LogP contribution in [0.3, 0.4) is 0 Å². The van der Waals surface area contributed by atoms with Gasteiger partial charge in [0.05, 0.1) is 22.5 Å². The Hall–Kier alpha value is -3.64. The second-order valence-electron chi connectivity index (χ2n) is 9.95. The van der Waals surface area contributed by atoms with Gasteiger partial charge in [-0.15, -0.1) is 0 Å². The van der Waals surface area contributed by atoms with Crippen molar-refractivity contribution in [3.05, 3.63) is 100 Å². The third kappa shape index (κ3) is 8.93. The lowest BCUT2D eigenvalue weighted by Gasteiger charge is -2.34. The molecule has 3 rings (SSSR count). The molecular formula is C29H30ClF4N3O4S. The van der Waals surface area contributed by atoms with Crippen molar-refractivity contribution in [1.29, 1.82) is 0 Å². The fourth-order valence-corrected chi connectivity index (χ4v) is 5.32. The topological polar surface area (TPSA) is 86.8 Å². The van der Waals surface area contributed by atoms with Crippen LogP contribution < -0.4 is 9.62 Å². The number of carbonyl (C=O) groups is 2. The first-order chi connectivity index (χ1) is 19.6. The molecule has 0 heterocycles. The van der Waals surface area contributed by atoms with Gasteiger partial charge in [0, 0.05) is 19.0 Å². The lowest BCUT2D eigenvalue weighted by molar-refractivity contribution is -0.140. The summed E-state index contributed by atoms with van der Waals surface area (Å²) in [6.45, 7) is 2.27. The number of rotatable bonds is 11. The summed E-state index contributed by atoms with van der Waals surface area (Å²) in [6.07, 6.45) is -4.04. The number of hydrogen-bond acceptors (Lipinski definition) is 4. The van der Waals surface area contributed by atoms with Crippen molar-refractivity contribution >= 4 is 39.1 Å². The van der Waals surface area contributed by atoms with Gasteiger partial charge >= 0.3 is 6.18 Å². The molecule has 0 saturated carbocycles. The average molecular weight is 628 g/mol. The number of halogens is 5. The van der Waals surface area contributed by atoms with Gasteiger partial charge in [0.1, 0.15) is 18.4 Å². The largest absolute Gasteiger partial charge is 0.416 e. The number of nitrogens with one attached hydrogen (secondary N) is 1. The number of carbonyl (C=O) groups excluding carboxylic acids is 2. The van der Waals surface area contributed by atoms with Crippen LogP contribution in [0.5, 0.6) is 0 Å². The smallest absolute Gasteiger partial charge is 0.352 e. The summed E-state index contributed by atoms with van der Waals surface area (Å²) in [6, 6.07) is 14.6. The molecule has 226 valence electrons. The van der Waals surface area contributed by atoms with Gasteiger partial charge in [-0.25, -0.2) is 12.8 Å². The summed E-state index contributed by atoms with van der Waals surface area (Å²) in [7, 11) is -4.35. The van der Waals surface area contributed by atoms with E-state index in [0.717, 1.165) is 17.2 Å². The summed E-state index contributed by atoms with van der Waals surface area (Å²) in [5.41, 5.74) is -0.581. The van der Waals surface area contributed by atoms with Gasteiger partial charge in [-0.05, 0) is 55.3 Å². The number of hydrogen-bond donors (Lipinski definition) is 1. The van der Waals surface area contributed by atoms with Crippen LogP contribution in [0, 0.1) is 5.82 Å². The zero-order chi connectivity index (χ0) is 31.2. The highest BCUT2D eigenvalue weighted by Crippen LogP contribution is 2.36.